The summed E-state index contributed by atoms with van der Waals surface area (Å²) < 4.78 is 17.1. The molecule has 38 heavy (non-hydrogen) atoms. The smallest absolute Gasteiger partial charge is 0.320 e. The molecular weight excluding hydrogens is 485 g/mol. The fourth-order valence-electron chi connectivity index (χ4n) is 5.82. The van der Waals surface area contributed by atoms with E-state index in [0.29, 0.717) is 36.8 Å². The van der Waals surface area contributed by atoms with Gasteiger partial charge in [-0.1, -0.05) is 6.07 Å². The van der Waals surface area contributed by atoms with Crippen molar-refractivity contribution in [2.45, 2.75) is 64.5 Å². The summed E-state index contributed by atoms with van der Waals surface area (Å²) in [5.74, 6) is 0.716. The molecule has 3 amide bonds. The molecule has 0 atom stereocenters. The van der Waals surface area contributed by atoms with Crippen LogP contribution in [0.5, 0.6) is 0 Å². The van der Waals surface area contributed by atoms with Crippen LogP contribution in [0, 0.1) is 5.82 Å². The number of rotatable bonds is 3. The Morgan fingerprint density at radius 2 is 1.79 bits per heavy atom. The van der Waals surface area contributed by atoms with Crippen molar-refractivity contribution in [3.05, 3.63) is 58.7 Å². The zero-order valence-corrected chi connectivity index (χ0v) is 21.8. The molecule has 0 spiro atoms. The second-order valence-electron chi connectivity index (χ2n) is 11.1. The van der Waals surface area contributed by atoms with Gasteiger partial charge in [0.05, 0.1) is 5.56 Å². The first-order chi connectivity index (χ1) is 18.3. The Bertz CT molecular complexity index is 1410. The quantitative estimate of drug-likeness (QED) is 0.556. The SMILES string of the molecule is CC1(C)CCc2nnc(-c3cccc(NC(=O)c4cc5c(cc4F)CCN(C(=O)N4CCCCC4)C5)n3)n21. The van der Waals surface area contributed by atoms with E-state index < -0.39 is 11.7 Å². The van der Waals surface area contributed by atoms with Gasteiger partial charge in [0.15, 0.2) is 5.82 Å². The van der Waals surface area contributed by atoms with Crippen LogP contribution in [0.4, 0.5) is 15.0 Å². The molecule has 1 saturated heterocycles. The summed E-state index contributed by atoms with van der Waals surface area (Å²) in [7, 11) is 0. The zero-order valence-electron chi connectivity index (χ0n) is 21.8. The third kappa shape index (κ3) is 4.41. The second-order valence-corrected chi connectivity index (χ2v) is 11.1. The van der Waals surface area contributed by atoms with Crippen molar-refractivity contribution >= 4 is 17.8 Å². The monoisotopic (exact) mass is 517 g/mol. The van der Waals surface area contributed by atoms with Crippen LogP contribution < -0.4 is 5.32 Å². The number of halogens is 1. The van der Waals surface area contributed by atoms with E-state index >= 15 is 4.39 Å². The first-order valence-electron chi connectivity index (χ1n) is 13.4. The number of fused-ring (bicyclic) bond motifs is 2. The third-order valence-electron chi connectivity index (χ3n) is 7.96. The lowest BCUT2D eigenvalue weighted by Gasteiger charge is -2.35. The van der Waals surface area contributed by atoms with E-state index in [-0.39, 0.29) is 17.1 Å². The van der Waals surface area contributed by atoms with Gasteiger partial charge in [-0.2, -0.15) is 0 Å². The van der Waals surface area contributed by atoms with Gasteiger partial charge in [0, 0.05) is 38.1 Å². The lowest BCUT2D eigenvalue weighted by molar-refractivity contribution is 0.102. The van der Waals surface area contributed by atoms with E-state index in [2.05, 4.69) is 38.9 Å². The highest BCUT2D eigenvalue weighted by atomic mass is 19.1. The van der Waals surface area contributed by atoms with Gasteiger partial charge in [-0.3, -0.25) is 4.79 Å². The predicted molar refractivity (Wildman–Crippen MR) is 140 cm³/mol. The zero-order chi connectivity index (χ0) is 26.4. The van der Waals surface area contributed by atoms with Crippen molar-refractivity contribution in [2.75, 3.05) is 25.0 Å². The van der Waals surface area contributed by atoms with Crippen molar-refractivity contribution in [1.82, 2.24) is 29.5 Å². The van der Waals surface area contributed by atoms with E-state index in [1.165, 1.54) is 6.07 Å². The minimum absolute atomic E-state index is 0.0230. The lowest BCUT2D eigenvalue weighted by atomic mass is 9.96. The van der Waals surface area contributed by atoms with E-state index in [1.807, 2.05) is 11.0 Å². The molecule has 9 nitrogen and oxygen atoms in total. The van der Waals surface area contributed by atoms with E-state index in [4.69, 9.17) is 0 Å². The molecule has 3 aliphatic rings. The largest absolute Gasteiger partial charge is 0.325 e. The summed E-state index contributed by atoms with van der Waals surface area (Å²) >= 11 is 0. The molecule has 10 heteroatoms. The number of nitrogens with one attached hydrogen (secondary N) is 1. The van der Waals surface area contributed by atoms with Gasteiger partial charge in [0.2, 0.25) is 0 Å². The molecule has 1 N–H and O–H groups in total. The first-order valence-corrected chi connectivity index (χ1v) is 13.4. The molecule has 6 rings (SSSR count). The maximum atomic E-state index is 15.0. The Morgan fingerprint density at radius 1 is 0.974 bits per heavy atom. The minimum atomic E-state index is -0.582. The molecule has 1 aromatic carbocycles. The van der Waals surface area contributed by atoms with Crippen molar-refractivity contribution in [1.29, 1.82) is 0 Å². The Labute approximate surface area is 221 Å². The summed E-state index contributed by atoms with van der Waals surface area (Å²) in [5, 5.41) is 11.4. The number of piperidine rings is 1. The van der Waals surface area contributed by atoms with Gasteiger partial charge in [-0.25, -0.2) is 14.2 Å². The fourth-order valence-corrected chi connectivity index (χ4v) is 5.82. The first kappa shape index (κ1) is 24.5. The van der Waals surface area contributed by atoms with Crippen LogP contribution in [0.25, 0.3) is 11.5 Å². The topological polar surface area (TPSA) is 96.2 Å². The van der Waals surface area contributed by atoms with E-state index in [1.54, 1.807) is 23.1 Å². The molecule has 198 valence electrons. The standard InChI is InChI=1S/C28H32FN7O2/c1-28(2)11-9-24-32-33-25(36(24)28)22-7-6-8-23(30-22)31-26(37)20-15-19-17-35(14-10-18(19)16-21(20)29)27(38)34-12-4-3-5-13-34/h6-8,15-16H,3-5,9-14,17H2,1-2H3,(H,30,31,37). The highest BCUT2D eigenvalue weighted by molar-refractivity contribution is 6.04. The van der Waals surface area contributed by atoms with E-state index in [0.717, 1.165) is 62.1 Å². The van der Waals surface area contributed by atoms with Crippen LogP contribution in [-0.4, -0.2) is 61.1 Å². The number of carbonyl (C=O) groups excluding carboxylic acids is 2. The number of pyridine rings is 1. The highest BCUT2D eigenvalue weighted by Crippen LogP contribution is 2.35. The Kier molecular flexibility index (Phi) is 6.12. The number of urea groups is 1. The molecule has 0 saturated carbocycles. The van der Waals surface area contributed by atoms with Crippen molar-refractivity contribution in [3.63, 3.8) is 0 Å². The number of likely N-dealkylation sites (tertiary alicyclic amines) is 1. The van der Waals surface area contributed by atoms with Gasteiger partial charge in [-0.05, 0) is 81.3 Å². The van der Waals surface area contributed by atoms with Crippen molar-refractivity contribution in [2.24, 2.45) is 0 Å². The number of hydrogen-bond donors (Lipinski definition) is 1. The van der Waals surface area contributed by atoms with Crippen LogP contribution >= 0.6 is 0 Å². The van der Waals surface area contributed by atoms with Gasteiger partial charge in [0.1, 0.15) is 23.2 Å². The van der Waals surface area contributed by atoms with Crippen LogP contribution in [0.3, 0.4) is 0 Å². The molecule has 5 heterocycles. The number of benzene rings is 1. The Hall–Kier alpha value is -3.82. The fraction of sp³-hybridized carbons (Fsp3) is 0.464. The lowest BCUT2D eigenvalue weighted by Crippen LogP contribution is -2.47. The van der Waals surface area contributed by atoms with Crippen LogP contribution in [-0.2, 0) is 24.9 Å². The van der Waals surface area contributed by atoms with Gasteiger partial charge in [-0.15, -0.1) is 10.2 Å². The maximum Gasteiger partial charge on any atom is 0.320 e. The number of anilines is 1. The predicted octanol–water partition coefficient (Wildman–Crippen LogP) is 4.38. The summed E-state index contributed by atoms with van der Waals surface area (Å²) in [5.41, 5.74) is 2.05. The molecular formula is C28H32FN7O2. The summed E-state index contributed by atoms with van der Waals surface area (Å²) in [6.07, 6.45) is 5.60. The highest BCUT2D eigenvalue weighted by Gasteiger charge is 2.34. The molecule has 0 bridgehead atoms. The average molecular weight is 518 g/mol. The summed E-state index contributed by atoms with van der Waals surface area (Å²) in [6.45, 7) is 6.75. The van der Waals surface area contributed by atoms with Crippen molar-refractivity contribution in [3.8, 4) is 11.5 Å². The second kappa shape index (κ2) is 9.49. The van der Waals surface area contributed by atoms with Crippen LogP contribution in [0.1, 0.15) is 66.8 Å². The number of aromatic nitrogens is 4. The number of hydrogen-bond acceptors (Lipinski definition) is 5. The Morgan fingerprint density at radius 3 is 2.61 bits per heavy atom. The molecule has 2 aromatic heterocycles. The molecule has 0 unspecified atom stereocenters. The minimum Gasteiger partial charge on any atom is -0.325 e. The maximum absolute atomic E-state index is 15.0. The van der Waals surface area contributed by atoms with Crippen LogP contribution in [0.15, 0.2) is 30.3 Å². The summed E-state index contributed by atoms with van der Waals surface area (Å²) in [6, 6.07) is 8.31. The Balaban J connectivity index is 1.21. The van der Waals surface area contributed by atoms with Gasteiger partial charge < -0.3 is 19.7 Å². The number of carbonyl (C=O) groups is 2. The molecule has 1 fully saturated rings. The number of aryl methyl sites for hydroxylation is 1. The normalized spacial score (nSPS) is 18.2. The van der Waals surface area contributed by atoms with Crippen molar-refractivity contribution < 1.29 is 14.0 Å². The number of nitrogens with zero attached hydrogens (tertiary/aromatic N) is 6. The van der Waals surface area contributed by atoms with Gasteiger partial charge in [0.25, 0.3) is 5.91 Å². The number of amides is 3. The molecule has 3 aliphatic heterocycles. The van der Waals surface area contributed by atoms with E-state index in [9.17, 15) is 9.59 Å². The summed E-state index contributed by atoms with van der Waals surface area (Å²) in [4.78, 5) is 34.5. The third-order valence-corrected chi connectivity index (χ3v) is 7.96. The molecule has 0 radical (unpaired) electrons. The molecule has 0 aliphatic carbocycles. The van der Waals surface area contributed by atoms with Crippen LogP contribution in [0.2, 0.25) is 0 Å². The molecule has 3 aromatic rings. The van der Waals surface area contributed by atoms with Gasteiger partial charge >= 0.3 is 6.03 Å². The average Bonchev–Trinajstić information content (AvgIpc) is 3.49.